The van der Waals surface area contributed by atoms with Gasteiger partial charge in [0.1, 0.15) is 9.75 Å². The van der Waals surface area contributed by atoms with E-state index in [-0.39, 0.29) is 0 Å². The van der Waals surface area contributed by atoms with Gasteiger partial charge in [-0.05, 0) is 41.3 Å². The molecule has 0 amide bonds. The van der Waals surface area contributed by atoms with Crippen molar-refractivity contribution < 1.29 is 8.42 Å². The lowest BCUT2D eigenvalue weighted by Crippen LogP contribution is -2.27. The zero-order valence-corrected chi connectivity index (χ0v) is 10.6. The van der Waals surface area contributed by atoms with Crippen molar-refractivity contribution >= 4 is 37.3 Å². The van der Waals surface area contributed by atoms with E-state index in [4.69, 9.17) is 0 Å². The maximum Gasteiger partial charge on any atom is 0.209 e. The number of hydrogen-bond acceptors (Lipinski definition) is 5. The van der Waals surface area contributed by atoms with Gasteiger partial charge in [-0.15, -0.1) is 0 Å². The molecule has 0 aliphatic rings. The lowest BCUT2D eigenvalue weighted by atomic mass is 10.2. The predicted molar refractivity (Wildman–Crippen MR) is 55.5 cm³/mol. The fourth-order valence-corrected chi connectivity index (χ4v) is 2.60. The molecule has 0 spiro atoms. The van der Waals surface area contributed by atoms with Crippen molar-refractivity contribution in [2.45, 2.75) is 18.6 Å². The highest BCUT2D eigenvalue weighted by atomic mass is 79.9. The van der Waals surface area contributed by atoms with Crippen molar-refractivity contribution in [1.82, 2.24) is 9.36 Å². The van der Waals surface area contributed by atoms with Gasteiger partial charge in [-0.1, -0.05) is 0 Å². The van der Waals surface area contributed by atoms with Crippen LogP contribution in [-0.4, -0.2) is 24.0 Å². The van der Waals surface area contributed by atoms with E-state index in [0.29, 0.717) is 9.74 Å². The van der Waals surface area contributed by atoms with E-state index in [1.165, 1.54) is 6.26 Å². The third-order valence-electron chi connectivity index (χ3n) is 1.84. The normalized spacial score (nSPS) is 13.2. The van der Waals surface area contributed by atoms with Crippen molar-refractivity contribution in [2.75, 3.05) is 6.26 Å². The molecule has 1 heterocycles. The van der Waals surface area contributed by atoms with Gasteiger partial charge in [0, 0.05) is 6.26 Å². The summed E-state index contributed by atoms with van der Waals surface area (Å²) in [4.78, 5) is 3.99. The molecule has 7 heteroatoms. The van der Waals surface area contributed by atoms with Gasteiger partial charge >= 0.3 is 0 Å². The lowest BCUT2D eigenvalue weighted by Gasteiger charge is -2.18. The van der Waals surface area contributed by atoms with Crippen LogP contribution in [0.15, 0.2) is 4.73 Å². The largest absolute Gasteiger partial charge is 0.228 e. The molecular weight excluding hydrogens is 276 g/mol. The summed E-state index contributed by atoms with van der Waals surface area (Å²) < 4.78 is 26.1. The third-order valence-corrected chi connectivity index (χ3v) is 5.65. The Morgan fingerprint density at radius 2 is 2.00 bits per heavy atom. The number of nitrogens with zero attached hydrogens (tertiary/aromatic N) is 2. The van der Waals surface area contributed by atoms with Gasteiger partial charge in [0.2, 0.25) is 4.73 Å². The molecule has 0 fully saturated rings. The zero-order valence-electron chi connectivity index (χ0n) is 7.41. The Bertz CT molecular complexity index is 410. The van der Waals surface area contributed by atoms with Crippen LogP contribution in [0, 0.1) is 0 Å². The van der Waals surface area contributed by atoms with E-state index in [0.717, 1.165) is 11.5 Å². The minimum atomic E-state index is -3.16. The van der Waals surface area contributed by atoms with Crippen molar-refractivity contribution in [2.24, 2.45) is 0 Å². The second kappa shape index (κ2) is 3.29. The smallest absolute Gasteiger partial charge is 0.209 e. The first-order valence-corrected chi connectivity index (χ1v) is 6.90. The molecule has 1 aromatic rings. The molecule has 0 radical (unpaired) electrons. The molecule has 1 rings (SSSR count). The summed E-state index contributed by atoms with van der Waals surface area (Å²) in [5.74, 6) is 0. The summed E-state index contributed by atoms with van der Waals surface area (Å²) in [6, 6.07) is 0. The van der Waals surface area contributed by atoms with Crippen LogP contribution in [0.5, 0.6) is 0 Å². The van der Waals surface area contributed by atoms with Crippen LogP contribution in [-0.2, 0) is 14.6 Å². The maximum absolute atomic E-state index is 11.4. The molecular formula is C6H9BrN2O2S2. The third kappa shape index (κ3) is 2.08. The van der Waals surface area contributed by atoms with E-state index in [1.807, 2.05) is 0 Å². The average Bonchev–Trinajstić information content (AvgIpc) is 2.33. The summed E-state index contributed by atoms with van der Waals surface area (Å²) >= 11 is 4.18. The van der Waals surface area contributed by atoms with Gasteiger partial charge in [0.05, 0.1) is 0 Å². The SMILES string of the molecule is CC(C)(c1nc(Br)ns1)S(C)(=O)=O. The minimum Gasteiger partial charge on any atom is -0.228 e. The Kier molecular flexibility index (Phi) is 2.80. The van der Waals surface area contributed by atoms with Gasteiger partial charge in [0.15, 0.2) is 9.84 Å². The molecule has 4 nitrogen and oxygen atoms in total. The summed E-state index contributed by atoms with van der Waals surface area (Å²) in [5, 5.41) is 0.502. The van der Waals surface area contributed by atoms with Gasteiger partial charge in [-0.25, -0.2) is 13.4 Å². The molecule has 0 N–H and O–H groups in total. The van der Waals surface area contributed by atoms with Crippen LogP contribution in [0.1, 0.15) is 18.9 Å². The minimum absolute atomic E-state index is 0.434. The van der Waals surface area contributed by atoms with Crippen LogP contribution in [0.3, 0.4) is 0 Å². The maximum atomic E-state index is 11.4. The van der Waals surface area contributed by atoms with Crippen molar-refractivity contribution in [3.63, 3.8) is 0 Å². The molecule has 0 saturated heterocycles. The lowest BCUT2D eigenvalue weighted by molar-refractivity contribution is 0.560. The summed E-state index contributed by atoms with van der Waals surface area (Å²) in [7, 11) is -3.16. The highest BCUT2D eigenvalue weighted by Gasteiger charge is 2.35. The molecule has 0 aromatic carbocycles. The number of hydrogen-bond donors (Lipinski definition) is 0. The van der Waals surface area contributed by atoms with Crippen molar-refractivity contribution in [3.8, 4) is 0 Å². The molecule has 13 heavy (non-hydrogen) atoms. The van der Waals surface area contributed by atoms with Gasteiger partial charge in [0.25, 0.3) is 0 Å². The molecule has 1 aromatic heterocycles. The molecule has 0 bridgehead atoms. The van der Waals surface area contributed by atoms with Crippen molar-refractivity contribution in [1.29, 1.82) is 0 Å². The number of sulfone groups is 1. The fraction of sp³-hybridized carbons (Fsp3) is 0.667. The molecule has 0 unspecified atom stereocenters. The van der Waals surface area contributed by atoms with Gasteiger partial charge in [-0.2, -0.15) is 4.37 Å². The van der Waals surface area contributed by atoms with Crippen LogP contribution in [0.4, 0.5) is 0 Å². The Morgan fingerprint density at radius 3 is 2.31 bits per heavy atom. The first-order valence-electron chi connectivity index (χ1n) is 3.44. The Labute approximate surface area is 89.6 Å². The van der Waals surface area contributed by atoms with Crippen LogP contribution in [0.2, 0.25) is 0 Å². The molecule has 0 aliphatic carbocycles. The Hall–Kier alpha value is -0.0100. The highest BCUT2D eigenvalue weighted by Crippen LogP contribution is 2.30. The fourth-order valence-electron chi connectivity index (χ4n) is 0.609. The topological polar surface area (TPSA) is 59.9 Å². The van der Waals surface area contributed by atoms with Crippen molar-refractivity contribution in [3.05, 3.63) is 9.74 Å². The van der Waals surface area contributed by atoms with Gasteiger partial charge in [-0.3, -0.25) is 0 Å². The monoisotopic (exact) mass is 284 g/mol. The van der Waals surface area contributed by atoms with Crippen LogP contribution >= 0.6 is 27.5 Å². The number of halogens is 1. The number of rotatable bonds is 2. The number of aromatic nitrogens is 2. The standard InChI is InChI=1S/C6H9BrN2O2S2/c1-6(2,13(3,10)11)4-8-5(7)9-12-4/h1-3H3. The Morgan fingerprint density at radius 1 is 1.46 bits per heavy atom. The highest BCUT2D eigenvalue weighted by molar-refractivity contribution is 9.10. The summed E-state index contributed by atoms with van der Waals surface area (Å²) in [5.41, 5.74) is 0. The van der Waals surface area contributed by atoms with Crippen LogP contribution in [0.25, 0.3) is 0 Å². The summed E-state index contributed by atoms with van der Waals surface area (Å²) in [6.45, 7) is 3.24. The van der Waals surface area contributed by atoms with Gasteiger partial charge < -0.3 is 0 Å². The molecule has 0 saturated carbocycles. The zero-order chi connectivity index (χ0) is 10.3. The molecule has 74 valence electrons. The van der Waals surface area contributed by atoms with E-state index in [2.05, 4.69) is 25.3 Å². The Balaban J connectivity index is 3.23. The predicted octanol–water partition coefficient (Wildman–Crippen LogP) is 1.58. The molecule has 0 atom stereocenters. The first-order chi connectivity index (χ1) is 5.75. The van der Waals surface area contributed by atoms with E-state index in [1.54, 1.807) is 13.8 Å². The first kappa shape index (κ1) is 11.1. The summed E-state index contributed by atoms with van der Waals surface area (Å²) in [6.07, 6.45) is 1.20. The quantitative estimate of drug-likeness (QED) is 0.827. The average molecular weight is 285 g/mol. The van der Waals surface area contributed by atoms with E-state index in [9.17, 15) is 8.42 Å². The van der Waals surface area contributed by atoms with E-state index >= 15 is 0 Å². The second-order valence-electron chi connectivity index (χ2n) is 3.15. The van der Waals surface area contributed by atoms with Crippen LogP contribution < -0.4 is 0 Å². The van der Waals surface area contributed by atoms with E-state index < -0.39 is 14.6 Å². The second-order valence-corrected chi connectivity index (χ2v) is 7.18. The molecule has 0 aliphatic heterocycles.